The Morgan fingerprint density at radius 3 is 1.62 bits per heavy atom. The standard InChI is InChI=1S/C21H27ClF5OP/c22-15-29(17-7-3-1-4-8-17,18-9-5-2-6-10-18)19-13-11-16(12-14-19)28-21(26,27)20(23,24)25/h11-15,17-18H,1-10H2. The quantitative estimate of drug-likeness (QED) is 0.240. The lowest BCUT2D eigenvalue weighted by molar-refractivity contribution is -0.360. The Hall–Kier alpha value is -0.610. The summed E-state index contributed by atoms with van der Waals surface area (Å²) in [5.41, 5.74) is 2.78. The highest BCUT2D eigenvalue weighted by Gasteiger charge is 2.61. The van der Waals surface area contributed by atoms with Crippen LogP contribution in [0.15, 0.2) is 24.3 Å². The summed E-state index contributed by atoms with van der Waals surface area (Å²) >= 11 is 6.56. The first-order chi connectivity index (χ1) is 13.7. The molecule has 29 heavy (non-hydrogen) atoms. The van der Waals surface area contributed by atoms with Gasteiger partial charge in [0.1, 0.15) is 5.75 Å². The van der Waals surface area contributed by atoms with E-state index in [-0.39, 0.29) is 0 Å². The first-order valence-electron chi connectivity index (χ1n) is 10.3. The predicted octanol–water partition coefficient (Wildman–Crippen LogP) is 7.89. The fraction of sp³-hybridized carbons (Fsp3) is 0.667. The topological polar surface area (TPSA) is 9.23 Å². The third-order valence-corrected chi connectivity index (χ3v) is 12.3. The van der Waals surface area contributed by atoms with Crippen molar-refractivity contribution in [3.8, 4) is 5.75 Å². The summed E-state index contributed by atoms with van der Waals surface area (Å²) < 4.78 is 67.7. The molecule has 2 fully saturated rings. The van der Waals surface area contributed by atoms with Crippen molar-refractivity contribution < 1.29 is 26.7 Å². The zero-order chi connectivity index (χ0) is 21.1. The predicted molar refractivity (Wildman–Crippen MR) is 109 cm³/mol. The van der Waals surface area contributed by atoms with Crippen LogP contribution in [0.3, 0.4) is 0 Å². The van der Waals surface area contributed by atoms with E-state index in [1.807, 2.05) is 5.62 Å². The maximum atomic E-state index is 13.2. The lowest BCUT2D eigenvalue weighted by Gasteiger charge is -2.48. The summed E-state index contributed by atoms with van der Waals surface area (Å²) in [6, 6.07) is 5.79. The van der Waals surface area contributed by atoms with Crippen LogP contribution in [0.1, 0.15) is 64.2 Å². The molecule has 0 spiro atoms. The molecule has 0 heterocycles. The minimum Gasteiger partial charge on any atom is -0.426 e. The molecule has 0 atom stereocenters. The third kappa shape index (κ3) is 4.84. The maximum Gasteiger partial charge on any atom is 0.499 e. The van der Waals surface area contributed by atoms with Crippen LogP contribution in [0.4, 0.5) is 22.0 Å². The van der Waals surface area contributed by atoms with Gasteiger partial charge in [-0.3, -0.25) is 0 Å². The third-order valence-electron chi connectivity index (χ3n) is 6.38. The van der Waals surface area contributed by atoms with Crippen molar-refractivity contribution in [1.82, 2.24) is 0 Å². The van der Waals surface area contributed by atoms with Gasteiger partial charge in [0.15, 0.2) is 0 Å². The van der Waals surface area contributed by atoms with Gasteiger partial charge in [-0.05, 0) is 75.6 Å². The van der Waals surface area contributed by atoms with E-state index in [9.17, 15) is 22.0 Å². The number of hydrogen-bond acceptors (Lipinski definition) is 1. The molecule has 0 amide bonds. The lowest BCUT2D eigenvalue weighted by Crippen LogP contribution is -2.42. The molecule has 0 radical (unpaired) electrons. The minimum absolute atomic E-state index is 0.459. The van der Waals surface area contributed by atoms with Gasteiger partial charge in [-0.15, -0.1) is 0 Å². The van der Waals surface area contributed by atoms with Gasteiger partial charge in [-0.25, -0.2) is 0 Å². The molecule has 8 heteroatoms. The number of rotatable bonds is 6. The van der Waals surface area contributed by atoms with E-state index < -0.39 is 25.3 Å². The molecule has 1 aromatic carbocycles. The number of halogens is 6. The van der Waals surface area contributed by atoms with E-state index in [1.54, 1.807) is 12.1 Å². The molecule has 0 bridgehead atoms. The number of hydrogen-bond donors (Lipinski definition) is 0. The minimum atomic E-state index is -5.75. The van der Waals surface area contributed by atoms with Crippen LogP contribution in [0.25, 0.3) is 0 Å². The van der Waals surface area contributed by atoms with Crippen LogP contribution in [-0.4, -0.2) is 23.6 Å². The van der Waals surface area contributed by atoms with Gasteiger partial charge in [-0.1, -0.05) is 25.7 Å². The first-order valence-corrected chi connectivity index (χ1v) is 12.7. The van der Waals surface area contributed by atoms with Crippen LogP contribution in [-0.2, 0) is 0 Å². The second kappa shape index (κ2) is 9.26. The molecule has 0 aromatic heterocycles. The van der Waals surface area contributed by atoms with Crippen LogP contribution < -0.4 is 10.0 Å². The van der Waals surface area contributed by atoms with Crippen LogP contribution in [0, 0.1) is 5.62 Å². The summed E-state index contributed by atoms with van der Waals surface area (Å²) in [6.45, 7) is 0. The van der Waals surface area contributed by atoms with E-state index in [0.717, 1.165) is 56.7 Å². The second-order valence-electron chi connectivity index (χ2n) is 8.13. The molecule has 2 aliphatic carbocycles. The van der Waals surface area contributed by atoms with E-state index in [0.29, 0.717) is 11.3 Å². The van der Waals surface area contributed by atoms with Crippen molar-refractivity contribution in [2.24, 2.45) is 0 Å². The molecule has 2 saturated carbocycles. The number of alkyl halides is 5. The maximum absolute atomic E-state index is 13.2. The fourth-order valence-corrected chi connectivity index (χ4v) is 11.2. The highest BCUT2D eigenvalue weighted by molar-refractivity contribution is 7.87. The fourth-order valence-electron chi connectivity index (χ4n) is 4.93. The van der Waals surface area contributed by atoms with Gasteiger partial charge in [0, 0.05) is 11.3 Å². The molecular weight excluding hydrogens is 430 g/mol. The SMILES string of the molecule is FC(F)(F)C(F)(F)Oc1ccc([P+]([CH-]Cl)(C2CCCCC2)C2CCCCC2)cc1. The molecule has 1 nitrogen and oxygen atoms in total. The summed E-state index contributed by atoms with van der Waals surface area (Å²) in [5.74, 6) is -0.490. The number of ether oxygens (including phenoxy) is 1. The van der Waals surface area contributed by atoms with Gasteiger partial charge in [0.25, 0.3) is 0 Å². The Morgan fingerprint density at radius 1 is 0.793 bits per heavy atom. The molecule has 0 aliphatic heterocycles. The molecular formula is C21H27ClF5OP. The summed E-state index contributed by atoms with van der Waals surface area (Å²) in [6.07, 6.45) is 0.456. The Kier molecular flexibility index (Phi) is 7.36. The highest BCUT2D eigenvalue weighted by atomic mass is 35.5. The van der Waals surface area contributed by atoms with Gasteiger partial charge in [0.05, 0.1) is 5.30 Å². The molecule has 1 aromatic rings. The Balaban J connectivity index is 1.91. The van der Waals surface area contributed by atoms with Crippen molar-refractivity contribution in [3.63, 3.8) is 0 Å². The van der Waals surface area contributed by atoms with Crippen LogP contribution in [0.2, 0.25) is 0 Å². The Labute approximate surface area is 174 Å². The zero-order valence-electron chi connectivity index (χ0n) is 16.2. The Bertz CT molecular complexity index is 634. The zero-order valence-corrected chi connectivity index (χ0v) is 17.9. The summed E-state index contributed by atoms with van der Waals surface area (Å²) in [7, 11) is -1.91. The first kappa shape index (κ1) is 23.1. The molecule has 0 unspecified atom stereocenters. The smallest absolute Gasteiger partial charge is 0.426 e. The van der Waals surface area contributed by atoms with E-state index in [4.69, 9.17) is 11.6 Å². The van der Waals surface area contributed by atoms with Crippen LogP contribution in [0.5, 0.6) is 5.75 Å². The monoisotopic (exact) mass is 456 g/mol. The summed E-state index contributed by atoms with van der Waals surface area (Å²) in [5, 5.41) is 0.994. The van der Waals surface area contributed by atoms with Crippen molar-refractivity contribution in [3.05, 3.63) is 29.9 Å². The van der Waals surface area contributed by atoms with Gasteiger partial charge in [-0.2, -0.15) is 22.0 Å². The van der Waals surface area contributed by atoms with Gasteiger partial charge in [0.2, 0.25) is 0 Å². The van der Waals surface area contributed by atoms with Crippen molar-refractivity contribution >= 4 is 24.2 Å². The average Bonchev–Trinajstić information content (AvgIpc) is 2.71. The summed E-state index contributed by atoms with van der Waals surface area (Å²) in [4.78, 5) is 0. The lowest BCUT2D eigenvalue weighted by atomic mass is 9.99. The normalized spacial score (nSPS) is 20.6. The van der Waals surface area contributed by atoms with E-state index in [1.165, 1.54) is 25.0 Å². The highest BCUT2D eigenvalue weighted by Crippen LogP contribution is 2.74. The van der Waals surface area contributed by atoms with Crippen molar-refractivity contribution in [2.75, 3.05) is 0 Å². The number of benzene rings is 1. The van der Waals surface area contributed by atoms with Crippen molar-refractivity contribution in [2.45, 2.75) is 87.8 Å². The second-order valence-corrected chi connectivity index (χ2v) is 12.6. The van der Waals surface area contributed by atoms with Gasteiger partial charge < -0.3 is 16.3 Å². The molecule has 0 saturated heterocycles. The Morgan fingerprint density at radius 2 is 1.24 bits per heavy atom. The molecule has 2 aliphatic rings. The van der Waals surface area contributed by atoms with Crippen molar-refractivity contribution in [1.29, 1.82) is 0 Å². The molecule has 0 N–H and O–H groups in total. The molecule has 3 rings (SSSR count). The van der Waals surface area contributed by atoms with Gasteiger partial charge >= 0.3 is 12.3 Å². The van der Waals surface area contributed by atoms with E-state index >= 15 is 0 Å². The van der Waals surface area contributed by atoms with E-state index in [2.05, 4.69) is 4.74 Å². The molecule has 164 valence electrons. The average molecular weight is 457 g/mol. The largest absolute Gasteiger partial charge is 0.499 e. The van der Waals surface area contributed by atoms with Crippen LogP contribution >= 0.6 is 18.9 Å².